The van der Waals surface area contributed by atoms with Crippen LogP contribution in [0.4, 0.5) is 13.2 Å². The number of carbonyl (C=O) groups is 1. The van der Waals surface area contributed by atoms with E-state index in [0.29, 0.717) is 5.56 Å². The maximum atomic E-state index is 12.8. The summed E-state index contributed by atoms with van der Waals surface area (Å²) in [4.78, 5) is 16.7. The predicted molar refractivity (Wildman–Crippen MR) is 74.4 cm³/mol. The zero-order valence-corrected chi connectivity index (χ0v) is 11.7. The smallest absolute Gasteiger partial charge is 0.380 e. The van der Waals surface area contributed by atoms with E-state index in [0.717, 1.165) is 10.9 Å². The van der Waals surface area contributed by atoms with Crippen molar-refractivity contribution < 1.29 is 23.1 Å². The number of likely N-dealkylation sites (tertiary alicyclic amines) is 1. The van der Waals surface area contributed by atoms with Gasteiger partial charge in [-0.25, -0.2) is 0 Å². The van der Waals surface area contributed by atoms with Gasteiger partial charge in [-0.05, 0) is 23.6 Å². The quantitative estimate of drug-likeness (QED) is 0.850. The molecule has 1 aromatic carbocycles. The summed E-state index contributed by atoms with van der Waals surface area (Å²) in [5.41, 5.74) is -1.46. The van der Waals surface area contributed by atoms with E-state index >= 15 is 0 Å². The maximum absolute atomic E-state index is 12.8. The Morgan fingerprint density at radius 2 is 1.91 bits per heavy atom. The van der Waals surface area contributed by atoms with Gasteiger partial charge in [-0.3, -0.25) is 4.79 Å². The highest BCUT2D eigenvalue weighted by Crippen LogP contribution is 2.38. The lowest BCUT2D eigenvalue weighted by Crippen LogP contribution is -2.54. The normalized spacial score (nSPS) is 18.6. The predicted octanol–water partition coefficient (Wildman–Crippen LogP) is 2.70. The number of nitrogens with zero attached hydrogens (tertiary/aromatic N) is 1. The zero-order chi connectivity index (χ0) is 16.0. The molecule has 2 aromatic rings. The van der Waals surface area contributed by atoms with Gasteiger partial charge in [0, 0.05) is 43.2 Å². The molecule has 1 aromatic heterocycles. The van der Waals surface area contributed by atoms with Crippen molar-refractivity contribution in [1.29, 1.82) is 0 Å². The van der Waals surface area contributed by atoms with Crippen molar-refractivity contribution >= 4 is 16.8 Å². The lowest BCUT2D eigenvalue weighted by molar-refractivity contribution is -0.271. The molecule has 4 nitrogen and oxygen atoms in total. The van der Waals surface area contributed by atoms with Crippen LogP contribution in [0.25, 0.3) is 10.9 Å². The number of H-pyrrole nitrogens is 1. The average Bonchev–Trinajstić information content (AvgIpc) is 2.93. The lowest BCUT2D eigenvalue weighted by atomic mass is 9.90. The molecule has 0 saturated carbocycles. The fourth-order valence-electron chi connectivity index (χ4n) is 2.73. The van der Waals surface area contributed by atoms with Crippen molar-refractivity contribution in [3.05, 3.63) is 36.0 Å². The van der Waals surface area contributed by atoms with Crippen molar-refractivity contribution in [2.24, 2.45) is 0 Å². The molecule has 1 aliphatic heterocycles. The van der Waals surface area contributed by atoms with Gasteiger partial charge in [0.15, 0.2) is 5.60 Å². The Morgan fingerprint density at radius 3 is 2.55 bits per heavy atom. The van der Waals surface area contributed by atoms with Crippen LogP contribution in [-0.4, -0.2) is 45.8 Å². The summed E-state index contributed by atoms with van der Waals surface area (Å²) in [6, 6.07) is 6.99. The summed E-state index contributed by atoms with van der Waals surface area (Å²) in [6.45, 7) is -0.227. The zero-order valence-electron chi connectivity index (χ0n) is 11.7. The van der Waals surface area contributed by atoms with Crippen LogP contribution in [0.1, 0.15) is 23.2 Å². The number of benzene rings is 1. The van der Waals surface area contributed by atoms with E-state index in [-0.39, 0.29) is 19.0 Å². The van der Waals surface area contributed by atoms with Gasteiger partial charge in [0.1, 0.15) is 0 Å². The van der Waals surface area contributed by atoms with E-state index in [9.17, 15) is 23.1 Å². The first-order valence-electron chi connectivity index (χ1n) is 6.96. The summed E-state index contributed by atoms with van der Waals surface area (Å²) in [6.07, 6.45) is -3.89. The Balaban J connectivity index is 1.74. The number of fused-ring (bicyclic) bond motifs is 1. The summed E-state index contributed by atoms with van der Waals surface area (Å²) in [7, 11) is 0. The third kappa shape index (κ3) is 2.45. The number of rotatable bonds is 1. The van der Waals surface area contributed by atoms with Crippen LogP contribution in [0.5, 0.6) is 0 Å². The highest BCUT2D eigenvalue weighted by molar-refractivity contribution is 5.98. The molecule has 1 fully saturated rings. The first kappa shape index (κ1) is 14.9. The van der Waals surface area contributed by atoms with Crippen molar-refractivity contribution in [2.45, 2.75) is 24.6 Å². The van der Waals surface area contributed by atoms with Crippen LogP contribution in [-0.2, 0) is 0 Å². The minimum absolute atomic E-state index is 0.113. The molecule has 1 saturated heterocycles. The number of aromatic nitrogens is 1. The van der Waals surface area contributed by atoms with E-state index < -0.39 is 24.6 Å². The van der Waals surface area contributed by atoms with Crippen LogP contribution < -0.4 is 0 Å². The van der Waals surface area contributed by atoms with E-state index in [4.69, 9.17) is 0 Å². The molecule has 0 atom stereocenters. The summed E-state index contributed by atoms with van der Waals surface area (Å²) >= 11 is 0. The molecule has 0 unspecified atom stereocenters. The van der Waals surface area contributed by atoms with E-state index in [1.54, 1.807) is 24.4 Å². The topological polar surface area (TPSA) is 56.3 Å². The number of amides is 1. The number of aliphatic hydroxyl groups is 1. The fourth-order valence-corrected chi connectivity index (χ4v) is 2.73. The number of carbonyl (C=O) groups excluding carboxylic acids is 1. The van der Waals surface area contributed by atoms with Crippen molar-refractivity contribution in [3.63, 3.8) is 0 Å². The fraction of sp³-hybridized carbons (Fsp3) is 0.400. The molecule has 22 heavy (non-hydrogen) atoms. The second-order valence-electron chi connectivity index (χ2n) is 5.60. The van der Waals surface area contributed by atoms with Gasteiger partial charge in [-0.15, -0.1) is 0 Å². The van der Waals surface area contributed by atoms with Crippen LogP contribution in [0, 0.1) is 0 Å². The molecule has 7 heteroatoms. The Hall–Kier alpha value is -2.02. The van der Waals surface area contributed by atoms with E-state index in [1.807, 2.05) is 6.07 Å². The highest BCUT2D eigenvalue weighted by Gasteiger charge is 2.54. The molecule has 0 spiro atoms. The minimum Gasteiger partial charge on any atom is -0.380 e. The van der Waals surface area contributed by atoms with Crippen LogP contribution >= 0.6 is 0 Å². The SMILES string of the molecule is O=C(c1ccc2cc[nH]c2c1)N1CCC(O)(C(F)(F)F)CC1. The van der Waals surface area contributed by atoms with Gasteiger partial charge >= 0.3 is 6.18 Å². The monoisotopic (exact) mass is 312 g/mol. The molecule has 1 amide bonds. The van der Waals surface area contributed by atoms with Crippen LogP contribution in [0.2, 0.25) is 0 Å². The molecule has 0 bridgehead atoms. The van der Waals surface area contributed by atoms with Gasteiger partial charge in [-0.1, -0.05) is 6.07 Å². The van der Waals surface area contributed by atoms with E-state index in [2.05, 4.69) is 4.98 Å². The third-order valence-corrected chi connectivity index (χ3v) is 4.21. The Bertz CT molecular complexity index is 700. The second-order valence-corrected chi connectivity index (χ2v) is 5.60. The molecular weight excluding hydrogens is 297 g/mol. The number of halogens is 3. The molecule has 3 rings (SSSR count). The Kier molecular flexibility index (Phi) is 3.40. The van der Waals surface area contributed by atoms with Gasteiger partial charge in [0.05, 0.1) is 0 Å². The highest BCUT2D eigenvalue weighted by atomic mass is 19.4. The standard InChI is InChI=1S/C15H15F3N2O2/c16-15(17,18)14(22)4-7-20(8-5-14)13(21)11-2-1-10-3-6-19-12(10)9-11/h1-3,6,9,19,22H,4-5,7-8H2. The summed E-state index contributed by atoms with van der Waals surface area (Å²) in [5, 5.41) is 10.6. The maximum Gasteiger partial charge on any atom is 0.417 e. The molecule has 0 radical (unpaired) electrons. The molecule has 0 aliphatic carbocycles. The number of alkyl halides is 3. The molecule has 118 valence electrons. The van der Waals surface area contributed by atoms with Crippen molar-refractivity contribution in [3.8, 4) is 0 Å². The molecule has 1 aliphatic rings. The van der Waals surface area contributed by atoms with Gasteiger partial charge < -0.3 is 15.0 Å². The average molecular weight is 312 g/mol. The Labute approximate surface area is 124 Å². The first-order valence-corrected chi connectivity index (χ1v) is 6.96. The summed E-state index contributed by atoms with van der Waals surface area (Å²) in [5.74, 6) is -0.319. The first-order chi connectivity index (χ1) is 10.3. The van der Waals surface area contributed by atoms with Crippen LogP contribution in [0.15, 0.2) is 30.5 Å². The lowest BCUT2D eigenvalue weighted by Gasteiger charge is -2.39. The number of hydrogen-bond donors (Lipinski definition) is 2. The van der Waals surface area contributed by atoms with Crippen molar-refractivity contribution in [2.75, 3.05) is 13.1 Å². The number of hydrogen-bond acceptors (Lipinski definition) is 2. The van der Waals surface area contributed by atoms with Crippen LogP contribution in [0.3, 0.4) is 0 Å². The number of nitrogens with one attached hydrogen (secondary N) is 1. The van der Waals surface area contributed by atoms with Gasteiger partial charge in [-0.2, -0.15) is 13.2 Å². The van der Waals surface area contributed by atoms with E-state index in [1.165, 1.54) is 4.90 Å². The number of aromatic amines is 1. The van der Waals surface area contributed by atoms with Gasteiger partial charge in [0.25, 0.3) is 5.91 Å². The number of piperidine rings is 1. The largest absolute Gasteiger partial charge is 0.417 e. The summed E-state index contributed by atoms with van der Waals surface area (Å²) < 4.78 is 38.3. The van der Waals surface area contributed by atoms with Crippen molar-refractivity contribution in [1.82, 2.24) is 9.88 Å². The minimum atomic E-state index is -4.66. The molecule has 2 heterocycles. The Morgan fingerprint density at radius 1 is 1.23 bits per heavy atom. The third-order valence-electron chi connectivity index (χ3n) is 4.21. The molecular formula is C15H15F3N2O2. The van der Waals surface area contributed by atoms with Gasteiger partial charge in [0.2, 0.25) is 0 Å². The molecule has 2 N–H and O–H groups in total. The second kappa shape index (κ2) is 5.01.